The van der Waals surface area contributed by atoms with Crippen molar-refractivity contribution in [1.29, 1.82) is 0 Å². The molecule has 182 valence electrons. The molecule has 4 N–H and O–H groups in total. The highest BCUT2D eigenvalue weighted by Crippen LogP contribution is 2.50. The third-order valence-corrected chi connectivity index (χ3v) is 6.79. The summed E-state index contributed by atoms with van der Waals surface area (Å²) in [5.74, 6) is 0.629. The maximum atomic E-state index is 13.0. The quantitative estimate of drug-likeness (QED) is 0.550. The van der Waals surface area contributed by atoms with Gasteiger partial charge in [-0.3, -0.25) is 0 Å². The van der Waals surface area contributed by atoms with E-state index in [0.29, 0.717) is 54.7 Å². The highest BCUT2D eigenvalue weighted by molar-refractivity contribution is 7.82. The maximum absolute atomic E-state index is 13.0. The minimum absolute atomic E-state index is 0.260. The zero-order chi connectivity index (χ0) is 24.6. The van der Waals surface area contributed by atoms with E-state index in [2.05, 4.69) is 10.3 Å². The summed E-state index contributed by atoms with van der Waals surface area (Å²) in [4.78, 5) is 6.26. The molecule has 1 aliphatic rings. The number of pyridine rings is 1. The molecule has 2 aromatic rings. The van der Waals surface area contributed by atoms with Crippen molar-refractivity contribution in [2.24, 2.45) is 0 Å². The summed E-state index contributed by atoms with van der Waals surface area (Å²) in [6, 6.07) is 6.52. The van der Waals surface area contributed by atoms with Crippen LogP contribution >= 0.6 is 0 Å². The molecule has 3 rings (SSSR count). The SMILES string of the molecule is CNc1nc(N)ccc1S(=O)N1CCN(c2ccc(C(O)(C(F)(F)F)C(F)(F)F)cc2)CC1. The van der Waals surface area contributed by atoms with Gasteiger partial charge in [0.2, 0.25) is 0 Å². The van der Waals surface area contributed by atoms with E-state index in [1.807, 2.05) is 0 Å². The summed E-state index contributed by atoms with van der Waals surface area (Å²) in [7, 11) is 0.0605. The van der Waals surface area contributed by atoms with E-state index in [4.69, 9.17) is 5.73 Å². The Balaban J connectivity index is 1.72. The van der Waals surface area contributed by atoms with Crippen LogP contribution < -0.4 is 16.0 Å². The fourth-order valence-corrected chi connectivity index (χ4v) is 4.70. The van der Waals surface area contributed by atoms with Gasteiger partial charge in [-0.15, -0.1) is 0 Å². The molecule has 7 nitrogen and oxygen atoms in total. The topological polar surface area (TPSA) is 94.7 Å². The van der Waals surface area contributed by atoms with Gasteiger partial charge in [0.05, 0.1) is 4.90 Å². The number of nitrogens with zero attached hydrogens (tertiary/aromatic N) is 3. The van der Waals surface area contributed by atoms with Crippen LogP contribution in [0.5, 0.6) is 0 Å². The van der Waals surface area contributed by atoms with Crippen molar-refractivity contribution in [2.75, 3.05) is 49.2 Å². The summed E-state index contributed by atoms with van der Waals surface area (Å²) in [6.45, 7) is 1.28. The number of anilines is 3. The number of alkyl halides is 6. The smallest absolute Gasteiger partial charge is 0.384 e. The second-order valence-electron chi connectivity index (χ2n) is 7.25. The van der Waals surface area contributed by atoms with Crippen LogP contribution in [0.4, 0.5) is 43.7 Å². The number of piperazine rings is 1. The van der Waals surface area contributed by atoms with Crippen LogP contribution in [-0.2, 0) is 16.6 Å². The van der Waals surface area contributed by atoms with Crippen molar-refractivity contribution in [3.8, 4) is 0 Å². The first kappa shape index (κ1) is 25.1. The van der Waals surface area contributed by atoms with E-state index < -0.39 is 34.5 Å². The average Bonchev–Trinajstić information content (AvgIpc) is 2.76. The number of nitrogen functional groups attached to an aromatic ring is 1. The largest absolute Gasteiger partial charge is 0.430 e. The summed E-state index contributed by atoms with van der Waals surface area (Å²) >= 11 is 0. The van der Waals surface area contributed by atoms with Crippen LogP contribution in [0.25, 0.3) is 0 Å². The number of benzene rings is 1. The summed E-state index contributed by atoms with van der Waals surface area (Å²) in [5.41, 5.74) is -0.270. The van der Waals surface area contributed by atoms with Gasteiger partial charge in [0.25, 0.3) is 5.60 Å². The van der Waals surface area contributed by atoms with Crippen LogP contribution in [0.15, 0.2) is 41.3 Å². The average molecular weight is 497 g/mol. The van der Waals surface area contributed by atoms with Gasteiger partial charge in [-0.25, -0.2) is 13.5 Å². The number of hydrogen-bond acceptors (Lipinski definition) is 6. The van der Waals surface area contributed by atoms with E-state index in [1.54, 1.807) is 22.3 Å². The molecule has 1 saturated heterocycles. The molecule has 0 bridgehead atoms. The molecule has 1 fully saturated rings. The Morgan fingerprint density at radius 2 is 1.52 bits per heavy atom. The number of hydrogen-bond donors (Lipinski definition) is 3. The molecule has 0 saturated carbocycles. The third-order valence-electron chi connectivity index (χ3n) is 5.25. The molecule has 0 spiro atoms. The molecule has 1 aromatic heterocycles. The fourth-order valence-electron chi connectivity index (χ4n) is 3.43. The third kappa shape index (κ3) is 4.73. The van der Waals surface area contributed by atoms with E-state index >= 15 is 0 Å². The first-order chi connectivity index (χ1) is 15.3. The van der Waals surface area contributed by atoms with Gasteiger partial charge < -0.3 is 21.1 Å². The predicted molar refractivity (Wildman–Crippen MR) is 111 cm³/mol. The number of rotatable bonds is 5. The highest BCUT2D eigenvalue weighted by atomic mass is 32.2. The lowest BCUT2D eigenvalue weighted by Gasteiger charge is -2.36. The molecule has 0 amide bonds. The van der Waals surface area contributed by atoms with Crippen LogP contribution in [0, 0.1) is 0 Å². The monoisotopic (exact) mass is 497 g/mol. The van der Waals surface area contributed by atoms with Gasteiger partial charge in [-0.05, 0) is 24.3 Å². The van der Waals surface area contributed by atoms with E-state index in [9.17, 15) is 35.7 Å². The molecule has 2 heterocycles. The molecular formula is C19H21F6N5O2S. The number of aliphatic hydroxyl groups is 1. The fraction of sp³-hybridized carbons (Fsp3) is 0.421. The van der Waals surface area contributed by atoms with Gasteiger partial charge in [0.15, 0.2) is 0 Å². The second kappa shape index (κ2) is 8.99. The molecule has 14 heteroatoms. The van der Waals surface area contributed by atoms with Gasteiger partial charge >= 0.3 is 12.4 Å². The van der Waals surface area contributed by atoms with Crippen molar-refractivity contribution in [1.82, 2.24) is 9.29 Å². The van der Waals surface area contributed by atoms with Gasteiger partial charge in [0.1, 0.15) is 22.6 Å². The Morgan fingerprint density at radius 1 is 0.970 bits per heavy atom. The first-order valence-corrected chi connectivity index (χ1v) is 10.7. The van der Waals surface area contributed by atoms with E-state index in [1.165, 1.54) is 6.07 Å². The molecule has 1 aliphatic heterocycles. The molecule has 1 unspecified atom stereocenters. The van der Waals surface area contributed by atoms with Crippen molar-refractivity contribution >= 4 is 28.3 Å². The molecule has 1 atom stereocenters. The van der Waals surface area contributed by atoms with Crippen LogP contribution in [0.2, 0.25) is 0 Å². The Hall–Kier alpha value is -2.58. The van der Waals surface area contributed by atoms with Crippen molar-refractivity contribution in [3.05, 3.63) is 42.0 Å². The lowest BCUT2D eigenvalue weighted by atomic mass is 9.92. The molecular weight excluding hydrogens is 476 g/mol. The second-order valence-corrected chi connectivity index (χ2v) is 8.71. The van der Waals surface area contributed by atoms with Gasteiger partial charge in [-0.1, -0.05) is 12.1 Å². The minimum Gasteiger partial charge on any atom is -0.384 e. The van der Waals surface area contributed by atoms with Crippen molar-refractivity contribution in [2.45, 2.75) is 22.8 Å². The zero-order valence-electron chi connectivity index (χ0n) is 17.2. The van der Waals surface area contributed by atoms with Gasteiger partial charge in [0, 0.05) is 44.5 Å². The molecule has 0 radical (unpaired) electrons. The summed E-state index contributed by atoms with van der Waals surface area (Å²) < 4.78 is 92.9. The van der Waals surface area contributed by atoms with E-state index in [0.717, 1.165) is 12.1 Å². The Morgan fingerprint density at radius 3 is 2.00 bits per heavy atom. The lowest BCUT2D eigenvalue weighted by molar-refractivity contribution is -0.376. The number of nitrogens with one attached hydrogen (secondary N) is 1. The number of nitrogens with two attached hydrogens (primary N) is 1. The Bertz CT molecular complexity index is 993. The lowest BCUT2D eigenvalue weighted by Crippen LogP contribution is -2.53. The Kier molecular flexibility index (Phi) is 6.82. The zero-order valence-corrected chi connectivity index (χ0v) is 18.1. The van der Waals surface area contributed by atoms with Crippen LogP contribution in [0.3, 0.4) is 0 Å². The molecule has 1 aromatic carbocycles. The normalized spacial score (nSPS) is 17.2. The number of aromatic nitrogens is 1. The van der Waals surface area contributed by atoms with E-state index in [-0.39, 0.29) is 5.82 Å². The van der Waals surface area contributed by atoms with Crippen molar-refractivity contribution in [3.63, 3.8) is 0 Å². The first-order valence-electron chi connectivity index (χ1n) is 9.62. The Labute approximate surface area is 187 Å². The molecule has 0 aliphatic carbocycles. The maximum Gasteiger partial charge on any atom is 0.430 e. The minimum atomic E-state index is -5.94. The number of halogens is 6. The predicted octanol–water partition coefficient (Wildman–Crippen LogP) is 2.86. The summed E-state index contributed by atoms with van der Waals surface area (Å²) in [6.07, 6.45) is -11.9. The highest BCUT2D eigenvalue weighted by Gasteiger charge is 2.71. The summed E-state index contributed by atoms with van der Waals surface area (Å²) in [5, 5.41) is 12.3. The standard InChI is InChI=1S/C19H21F6N5O2S/c1-27-16-14(6-7-15(26)28-16)33(32)30-10-8-29(9-11-30)13-4-2-12(3-5-13)17(31,18(20,21)22)19(23,24)25/h2-7,31H,8-11H2,1H3,(H3,26,27,28). The van der Waals surface area contributed by atoms with Crippen LogP contribution in [0.1, 0.15) is 5.56 Å². The van der Waals surface area contributed by atoms with Crippen molar-refractivity contribution < 1.29 is 35.7 Å². The van der Waals surface area contributed by atoms with Crippen LogP contribution in [-0.4, -0.2) is 64.2 Å². The molecule has 33 heavy (non-hydrogen) atoms. The van der Waals surface area contributed by atoms with Gasteiger partial charge in [-0.2, -0.15) is 26.3 Å².